The number of carbonyl (C=O) groups excluding carboxylic acids is 2. The van der Waals surface area contributed by atoms with Crippen LogP contribution in [0.4, 0.5) is 32.0 Å². The van der Waals surface area contributed by atoms with E-state index in [1.165, 1.54) is 24.3 Å². The van der Waals surface area contributed by atoms with Crippen LogP contribution in [0.2, 0.25) is 0 Å². The second-order valence-corrected chi connectivity index (χ2v) is 7.14. The Morgan fingerprint density at radius 2 is 1.56 bits per heavy atom. The van der Waals surface area contributed by atoms with E-state index in [1.807, 2.05) is 0 Å². The van der Waals surface area contributed by atoms with Crippen molar-refractivity contribution in [3.63, 3.8) is 0 Å². The van der Waals surface area contributed by atoms with Crippen LogP contribution in [-0.2, 0) is 17.1 Å². The molecule has 172 valence electrons. The summed E-state index contributed by atoms with van der Waals surface area (Å²) in [6.45, 7) is 0.813. The molecule has 3 rings (SSSR count). The van der Waals surface area contributed by atoms with Crippen molar-refractivity contribution in [1.82, 2.24) is 5.32 Å². The number of amides is 2. The molecule has 2 amide bonds. The molecular formula is C21H18F6N2O3. The number of nitrogens with one attached hydrogen (secondary N) is 2. The average molecular weight is 460 g/mol. The number of carbonyl (C=O) groups is 2. The van der Waals surface area contributed by atoms with Crippen LogP contribution in [0.1, 0.15) is 44.7 Å². The van der Waals surface area contributed by atoms with Gasteiger partial charge in [-0.2, -0.15) is 26.3 Å². The Kier molecular flexibility index (Phi) is 6.77. The van der Waals surface area contributed by atoms with Crippen molar-refractivity contribution < 1.29 is 40.7 Å². The summed E-state index contributed by atoms with van der Waals surface area (Å²) in [6, 6.07) is 6.23. The van der Waals surface area contributed by atoms with Crippen molar-refractivity contribution in [3.05, 3.63) is 64.7 Å². The maximum Gasteiger partial charge on any atom is 0.416 e. The van der Waals surface area contributed by atoms with Crippen LogP contribution in [0.5, 0.6) is 0 Å². The maximum atomic E-state index is 13.0. The molecule has 0 spiro atoms. The van der Waals surface area contributed by atoms with Gasteiger partial charge >= 0.3 is 12.4 Å². The summed E-state index contributed by atoms with van der Waals surface area (Å²) in [5.41, 5.74) is -4.13. The largest absolute Gasteiger partial charge is 0.416 e. The van der Waals surface area contributed by atoms with Gasteiger partial charge in [0.05, 0.1) is 28.5 Å². The van der Waals surface area contributed by atoms with Crippen molar-refractivity contribution in [1.29, 1.82) is 0 Å². The molecule has 0 saturated carbocycles. The molecule has 0 radical (unpaired) electrons. The van der Waals surface area contributed by atoms with Crippen molar-refractivity contribution in [2.75, 3.05) is 18.5 Å². The number of halogens is 6. The summed E-state index contributed by atoms with van der Waals surface area (Å²) < 4.78 is 83.7. The van der Waals surface area contributed by atoms with Crippen LogP contribution in [0.15, 0.2) is 42.5 Å². The van der Waals surface area contributed by atoms with Gasteiger partial charge in [0, 0.05) is 18.7 Å². The lowest BCUT2D eigenvalue weighted by Gasteiger charge is -2.16. The first kappa shape index (κ1) is 23.6. The summed E-state index contributed by atoms with van der Waals surface area (Å²) in [5, 5.41) is 4.87. The molecule has 32 heavy (non-hydrogen) atoms. The van der Waals surface area contributed by atoms with Crippen LogP contribution in [0.25, 0.3) is 0 Å². The molecule has 1 aliphatic rings. The van der Waals surface area contributed by atoms with Crippen molar-refractivity contribution in [2.45, 2.75) is 31.3 Å². The number of rotatable bonds is 5. The lowest BCUT2D eigenvalue weighted by molar-refractivity contribution is -0.143. The van der Waals surface area contributed by atoms with Crippen molar-refractivity contribution in [3.8, 4) is 0 Å². The first-order chi connectivity index (χ1) is 14.9. The Hall–Kier alpha value is -3.08. The molecule has 1 unspecified atom stereocenters. The van der Waals surface area contributed by atoms with Gasteiger partial charge in [-0.05, 0) is 43.2 Å². The molecule has 1 aliphatic heterocycles. The first-order valence-electron chi connectivity index (χ1n) is 9.55. The van der Waals surface area contributed by atoms with E-state index in [0.29, 0.717) is 18.7 Å². The molecule has 1 heterocycles. The fraction of sp³-hybridized carbons (Fsp3) is 0.333. The normalized spacial score (nSPS) is 16.6. The molecular weight excluding hydrogens is 442 g/mol. The number of anilines is 1. The van der Waals surface area contributed by atoms with Crippen molar-refractivity contribution >= 4 is 17.5 Å². The molecule has 2 aromatic carbocycles. The minimum atomic E-state index is -5.09. The summed E-state index contributed by atoms with van der Waals surface area (Å²) in [7, 11) is 0. The zero-order valence-electron chi connectivity index (χ0n) is 16.4. The lowest BCUT2D eigenvalue weighted by atomic mass is 10.0. The van der Waals surface area contributed by atoms with E-state index in [4.69, 9.17) is 4.74 Å². The van der Waals surface area contributed by atoms with E-state index in [0.717, 1.165) is 12.8 Å². The van der Waals surface area contributed by atoms with Crippen LogP contribution < -0.4 is 10.6 Å². The number of alkyl halides is 6. The Balaban J connectivity index is 1.83. The molecule has 0 bridgehead atoms. The highest BCUT2D eigenvalue weighted by Crippen LogP contribution is 2.36. The number of hydrogen-bond donors (Lipinski definition) is 2. The second-order valence-electron chi connectivity index (χ2n) is 7.14. The highest BCUT2D eigenvalue weighted by atomic mass is 19.4. The number of ether oxygens (including phenoxy) is 1. The maximum absolute atomic E-state index is 13.0. The van der Waals surface area contributed by atoms with Gasteiger partial charge in [-0.15, -0.1) is 0 Å². The topological polar surface area (TPSA) is 67.4 Å². The standard InChI is InChI=1S/C21H18F6N2O3/c22-20(23,24)13-8-12(9-14(10-13)21(25,26)27)18(30)29-17-6-2-1-5-16(17)19(31)28-11-15-4-3-7-32-15/h1-2,5-6,8-10,15H,3-4,7,11H2,(H,28,31)(H,29,30). The van der Waals surface area contributed by atoms with Gasteiger partial charge in [-0.1, -0.05) is 12.1 Å². The minimum absolute atomic E-state index is 0.00173. The molecule has 0 aromatic heterocycles. The van der Waals surface area contributed by atoms with Crippen LogP contribution >= 0.6 is 0 Å². The summed E-state index contributed by atoms with van der Waals surface area (Å²) in [5.74, 6) is -1.79. The molecule has 2 aromatic rings. The Labute approximate surface area is 178 Å². The zero-order valence-corrected chi connectivity index (χ0v) is 16.4. The first-order valence-corrected chi connectivity index (χ1v) is 9.55. The fourth-order valence-corrected chi connectivity index (χ4v) is 3.18. The summed E-state index contributed by atoms with van der Waals surface area (Å²) in [6.07, 6.45) is -8.68. The van der Waals surface area contributed by atoms with E-state index >= 15 is 0 Å². The summed E-state index contributed by atoms with van der Waals surface area (Å²) >= 11 is 0. The van der Waals surface area contributed by atoms with Gasteiger partial charge in [-0.3, -0.25) is 9.59 Å². The predicted molar refractivity (Wildman–Crippen MR) is 102 cm³/mol. The molecule has 2 N–H and O–H groups in total. The van der Waals surface area contributed by atoms with Crippen molar-refractivity contribution in [2.24, 2.45) is 0 Å². The third-order valence-corrected chi connectivity index (χ3v) is 4.78. The zero-order chi connectivity index (χ0) is 23.5. The Bertz CT molecular complexity index is 966. The van der Waals surface area contributed by atoms with Gasteiger partial charge in [0.1, 0.15) is 0 Å². The average Bonchev–Trinajstić information content (AvgIpc) is 3.24. The molecule has 1 fully saturated rings. The third-order valence-electron chi connectivity index (χ3n) is 4.78. The molecule has 0 aliphatic carbocycles. The van der Waals surface area contributed by atoms with E-state index in [2.05, 4.69) is 10.6 Å². The minimum Gasteiger partial charge on any atom is -0.376 e. The number of para-hydroxylation sites is 1. The van der Waals surface area contributed by atoms with Gasteiger partial charge in [0.2, 0.25) is 0 Å². The molecule has 1 saturated heterocycles. The Morgan fingerprint density at radius 3 is 2.12 bits per heavy atom. The molecule has 5 nitrogen and oxygen atoms in total. The Morgan fingerprint density at radius 1 is 0.938 bits per heavy atom. The summed E-state index contributed by atoms with van der Waals surface area (Å²) in [4.78, 5) is 25.0. The van der Waals surface area contributed by atoms with E-state index in [1.54, 1.807) is 0 Å². The van der Waals surface area contributed by atoms with Gasteiger partial charge in [-0.25, -0.2) is 0 Å². The van der Waals surface area contributed by atoms with Crippen LogP contribution in [-0.4, -0.2) is 31.1 Å². The molecule has 1 atom stereocenters. The quantitative estimate of drug-likeness (QED) is 0.625. The number of benzene rings is 2. The van der Waals surface area contributed by atoms with E-state index < -0.39 is 40.9 Å². The third kappa shape index (κ3) is 5.78. The van der Waals surface area contributed by atoms with Gasteiger partial charge in [0.15, 0.2) is 0 Å². The van der Waals surface area contributed by atoms with E-state index in [9.17, 15) is 35.9 Å². The number of hydrogen-bond acceptors (Lipinski definition) is 3. The SMILES string of the molecule is O=C(Nc1ccccc1C(=O)NCC1CCCO1)c1cc(C(F)(F)F)cc(C(F)(F)F)c1. The fourth-order valence-electron chi connectivity index (χ4n) is 3.18. The monoisotopic (exact) mass is 460 g/mol. The highest BCUT2D eigenvalue weighted by molar-refractivity contribution is 6.09. The lowest BCUT2D eigenvalue weighted by Crippen LogP contribution is -2.32. The van der Waals surface area contributed by atoms with Crippen LogP contribution in [0, 0.1) is 0 Å². The highest BCUT2D eigenvalue weighted by Gasteiger charge is 2.37. The van der Waals surface area contributed by atoms with Gasteiger partial charge in [0.25, 0.3) is 11.8 Å². The smallest absolute Gasteiger partial charge is 0.376 e. The predicted octanol–water partition coefficient (Wildman–Crippen LogP) is 4.89. The second kappa shape index (κ2) is 9.19. The van der Waals surface area contributed by atoms with Gasteiger partial charge < -0.3 is 15.4 Å². The van der Waals surface area contributed by atoms with E-state index in [-0.39, 0.29) is 30.0 Å². The van der Waals surface area contributed by atoms with Crippen LogP contribution in [0.3, 0.4) is 0 Å². The molecule has 11 heteroatoms.